The molecule has 1 atom stereocenters. The van der Waals surface area contributed by atoms with Crippen LogP contribution >= 0.6 is 7.60 Å². The molecule has 1 saturated carbocycles. The van der Waals surface area contributed by atoms with E-state index in [-0.39, 0.29) is 25.7 Å². The third kappa shape index (κ3) is 9.86. The van der Waals surface area contributed by atoms with Crippen molar-refractivity contribution in [2.45, 2.75) is 109 Å². The van der Waals surface area contributed by atoms with E-state index in [1.165, 1.54) is 19.3 Å². The van der Waals surface area contributed by atoms with Crippen LogP contribution < -0.4 is 4.74 Å². The topological polar surface area (TPSA) is 88.1 Å². The van der Waals surface area contributed by atoms with Gasteiger partial charge in [0.1, 0.15) is 5.75 Å². The van der Waals surface area contributed by atoms with E-state index in [9.17, 15) is 13.0 Å². The first kappa shape index (κ1) is 32.1. The summed E-state index contributed by atoms with van der Waals surface area (Å²) in [4.78, 5) is -1.34. The summed E-state index contributed by atoms with van der Waals surface area (Å²) in [6.45, 7) is 6.51. The van der Waals surface area contributed by atoms with Crippen LogP contribution in [0.3, 0.4) is 0 Å². The number of hydrogen-bond acceptors (Lipinski definition) is 7. The van der Waals surface area contributed by atoms with Gasteiger partial charge in [-0.15, -0.1) is 0 Å². The summed E-state index contributed by atoms with van der Waals surface area (Å²) in [5.41, 5.74) is 1.09. The molecule has 0 radical (unpaired) electrons. The summed E-state index contributed by atoms with van der Waals surface area (Å²) in [7, 11) is -8.09. The average molecular weight is 583 g/mol. The Morgan fingerprint density at radius 3 is 2.26 bits per heavy atom. The molecule has 0 spiro atoms. The fraction of sp³-hybridized carbons (Fsp3) is 0.667. The van der Waals surface area contributed by atoms with Crippen molar-refractivity contribution >= 4 is 28.5 Å². The highest BCUT2D eigenvalue weighted by atomic mass is 32.2. The maximum absolute atomic E-state index is 13.7. The molecule has 0 amide bonds. The third-order valence-electron chi connectivity index (χ3n) is 7.19. The summed E-state index contributed by atoms with van der Waals surface area (Å²) in [6.07, 6.45) is 9.96. The summed E-state index contributed by atoms with van der Waals surface area (Å²) < 4.78 is 63.0. The number of ether oxygens (including phenoxy) is 1. The molecule has 0 aliphatic heterocycles. The molecule has 0 aromatic heterocycles. The number of fused-ring (bicyclic) bond motifs is 1. The minimum absolute atomic E-state index is 0.0991. The Hall–Kier alpha value is -1.44. The van der Waals surface area contributed by atoms with Gasteiger partial charge < -0.3 is 13.8 Å². The van der Waals surface area contributed by atoms with Gasteiger partial charge in [0, 0.05) is 0 Å². The van der Waals surface area contributed by atoms with Gasteiger partial charge in [-0.05, 0) is 80.8 Å². The van der Waals surface area contributed by atoms with Gasteiger partial charge in [0.15, 0.2) is 4.99 Å². The number of aryl methyl sites for hydroxylation is 1. The molecule has 0 N–H and O–H groups in total. The molecule has 1 fully saturated rings. The van der Waals surface area contributed by atoms with Crippen LogP contribution in [0.15, 0.2) is 36.4 Å². The second kappa shape index (κ2) is 16.1. The Labute approximate surface area is 235 Å². The number of hydrogen-bond donors (Lipinski definition) is 0. The maximum Gasteiger partial charge on any atom is 0.351 e. The van der Waals surface area contributed by atoms with Crippen molar-refractivity contribution < 1.29 is 31.0 Å². The Bertz CT molecular complexity index is 1150. The maximum atomic E-state index is 13.7. The van der Waals surface area contributed by atoms with Crippen molar-refractivity contribution in [1.82, 2.24) is 0 Å². The average Bonchev–Trinajstić information content (AvgIpc) is 2.91. The molecular formula is C30H47O7PS. The highest BCUT2D eigenvalue weighted by molar-refractivity contribution is 7.94. The van der Waals surface area contributed by atoms with Gasteiger partial charge in [0.25, 0.3) is 10.1 Å². The van der Waals surface area contributed by atoms with E-state index in [0.29, 0.717) is 25.7 Å². The first-order valence-corrected chi connectivity index (χ1v) is 17.9. The van der Waals surface area contributed by atoms with E-state index < -0.39 is 22.7 Å². The first-order chi connectivity index (χ1) is 18.8. The molecule has 1 unspecified atom stereocenters. The smallest absolute Gasteiger partial charge is 0.351 e. The lowest BCUT2D eigenvalue weighted by molar-refractivity contribution is 0.158. The van der Waals surface area contributed by atoms with Crippen molar-refractivity contribution in [2.75, 3.05) is 19.8 Å². The molecule has 2 aromatic carbocycles. The number of rotatable bonds is 18. The molecule has 1 aliphatic carbocycles. The van der Waals surface area contributed by atoms with Crippen LogP contribution in [0.5, 0.6) is 5.75 Å². The standard InChI is InChI=1S/C30H47O7PS/c1-4-7-8-12-22-34-29-21-20-26-23-25(18-19-27(26)24-29)14-13-17-30(38(31,35-5-2)36-6-3)39(32,33)37-28-15-10-9-11-16-28/h18-21,23-24,28,30H,4-17,22H2,1-3H3. The molecule has 7 nitrogen and oxygen atoms in total. The zero-order valence-electron chi connectivity index (χ0n) is 23.9. The van der Waals surface area contributed by atoms with Gasteiger partial charge in [0.05, 0.1) is 25.9 Å². The van der Waals surface area contributed by atoms with Crippen molar-refractivity contribution in [3.05, 3.63) is 42.0 Å². The molecule has 39 heavy (non-hydrogen) atoms. The minimum atomic E-state index is -4.16. The predicted octanol–water partition coefficient (Wildman–Crippen LogP) is 8.39. The van der Waals surface area contributed by atoms with E-state index in [4.69, 9.17) is 18.0 Å². The molecule has 9 heteroatoms. The van der Waals surface area contributed by atoms with Gasteiger partial charge in [0.2, 0.25) is 0 Å². The predicted molar refractivity (Wildman–Crippen MR) is 158 cm³/mol. The fourth-order valence-electron chi connectivity index (χ4n) is 5.16. The second-order valence-corrected chi connectivity index (χ2v) is 14.6. The summed E-state index contributed by atoms with van der Waals surface area (Å²) in [6, 6.07) is 12.4. The lowest BCUT2D eigenvalue weighted by Crippen LogP contribution is -2.31. The van der Waals surface area contributed by atoms with Crippen LogP contribution in [-0.4, -0.2) is 39.3 Å². The highest BCUT2D eigenvalue weighted by Gasteiger charge is 2.46. The lowest BCUT2D eigenvalue weighted by Gasteiger charge is -2.28. The molecule has 3 rings (SSSR count). The zero-order chi connectivity index (χ0) is 28.1. The van der Waals surface area contributed by atoms with Gasteiger partial charge >= 0.3 is 7.60 Å². The minimum Gasteiger partial charge on any atom is -0.494 e. The molecule has 220 valence electrons. The van der Waals surface area contributed by atoms with Gasteiger partial charge in [-0.2, -0.15) is 8.42 Å². The lowest BCUT2D eigenvalue weighted by atomic mass is 9.98. The number of unbranched alkanes of at least 4 members (excludes halogenated alkanes) is 3. The zero-order valence-corrected chi connectivity index (χ0v) is 25.6. The quantitative estimate of drug-likeness (QED) is 0.0991. The Balaban J connectivity index is 1.67. The summed E-state index contributed by atoms with van der Waals surface area (Å²) in [5, 5.41) is 2.20. The molecule has 0 saturated heterocycles. The Morgan fingerprint density at radius 1 is 0.872 bits per heavy atom. The van der Waals surface area contributed by atoms with Crippen molar-refractivity contribution in [3.8, 4) is 5.75 Å². The Kier molecular flexibility index (Phi) is 13.3. The van der Waals surface area contributed by atoms with E-state index in [1.54, 1.807) is 13.8 Å². The largest absolute Gasteiger partial charge is 0.494 e. The summed E-state index contributed by atoms with van der Waals surface area (Å²) in [5.74, 6) is 0.875. The molecule has 0 bridgehead atoms. The van der Waals surface area contributed by atoms with Crippen molar-refractivity contribution in [2.24, 2.45) is 0 Å². The highest BCUT2D eigenvalue weighted by Crippen LogP contribution is 2.57. The van der Waals surface area contributed by atoms with Crippen LogP contribution in [0.1, 0.15) is 97.0 Å². The van der Waals surface area contributed by atoms with Gasteiger partial charge in [-0.1, -0.05) is 69.7 Å². The van der Waals surface area contributed by atoms with E-state index in [1.807, 2.05) is 6.07 Å². The van der Waals surface area contributed by atoms with Gasteiger partial charge in [-0.3, -0.25) is 8.75 Å². The molecular weight excluding hydrogens is 535 g/mol. The third-order valence-corrected chi connectivity index (χ3v) is 12.4. The fourth-order valence-corrected chi connectivity index (χ4v) is 9.72. The van der Waals surface area contributed by atoms with E-state index >= 15 is 0 Å². The van der Waals surface area contributed by atoms with Crippen LogP contribution in [0, 0.1) is 0 Å². The molecule has 0 heterocycles. The summed E-state index contributed by atoms with van der Waals surface area (Å²) >= 11 is 0. The monoisotopic (exact) mass is 582 g/mol. The number of benzene rings is 2. The van der Waals surface area contributed by atoms with Gasteiger partial charge in [-0.25, -0.2) is 0 Å². The first-order valence-electron chi connectivity index (χ1n) is 14.8. The Morgan fingerprint density at radius 2 is 1.56 bits per heavy atom. The van der Waals surface area contributed by atoms with Crippen molar-refractivity contribution in [1.29, 1.82) is 0 Å². The molecule has 2 aromatic rings. The van der Waals surface area contributed by atoms with Crippen LogP contribution in [0.25, 0.3) is 10.8 Å². The van der Waals surface area contributed by atoms with Crippen LogP contribution in [0.2, 0.25) is 0 Å². The molecule has 1 aliphatic rings. The van der Waals surface area contributed by atoms with E-state index in [2.05, 4.69) is 37.3 Å². The van der Waals surface area contributed by atoms with Crippen molar-refractivity contribution in [3.63, 3.8) is 0 Å². The van der Waals surface area contributed by atoms with Crippen LogP contribution in [0.4, 0.5) is 0 Å². The second-order valence-electron chi connectivity index (χ2n) is 10.3. The SMILES string of the molecule is CCCCCCOc1ccc2cc(CCCC(P(=O)(OCC)OCC)S(=O)(=O)OC3CCCCC3)ccc2c1. The van der Waals surface area contributed by atoms with E-state index in [0.717, 1.165) is 54.4 Å². The normalized spacial score (nSPS) is 16.0. The van der Waals surface area contributed by atoms with Crippen LogP contribution in [-0.2, 0) is 34.3 Å².